The number of anilines is 1. The standard InChI is InChI=1S/C21H24N2O3/c1-3-20-10-12(18(24)25-2)16-21(13-6-4-5-7-14(13)22-16)8-9-23(19(20)21)11-15-17(20)26-15/h4-7,15,17,19,22H,3,8-11H2,1-2H3/t15-,17-,19+,20-,21-/m1/s1. The molecule has 136 valence electrons. The number of hydrogen-bond donors (Lipinski definition) is 1. The molecule has 0 saturated carbocycles. The number of piperidine rings is 1. The maximum absolute atomic E-state index is 12.8. The number of benzene rings is 1. The Morgan fingerprint density at radius 1 is 1.42 bits per heavy atom. The molecular weight excluding hydrogens is 328 g/mol. The second-order valence-electron chi connectivity index (χ2n) is 8.49. The summed E-state index contributed by atoms with van der Waals surface area (Å²) in [5.41, 5.74) is 4.29. The van der Waals surface area contributed by atoms with Crippen LogP contribution in [0.5, 0.6) is 0 Å². The molecule has 5 atom stereocenters. The number of esters is 1. The van der Waals surface area contributed by atoms with E-state index < -0.39 is 0 Å². The quantitative estimate of drug-likeness (QED) is 0.654. The minimum Gasteiger partial charge on any atom is -0.466 e. The summed E-state index contributed by atoms with van der Waals surface area (Å²) in [6, 6.07) is 8.97. The summed E-state index contributed by atoms with van der Waals surface area (Å²) in [5, 5.41) is 3.63. The molecule has 1 N–H and O–H groups in total. The first-order chi connectivity index (χ1) is 12.7. The van der Waals surface area contributed by atoms with Crippen LogP contribution in [0.2, 0.25) is 0 Å². The molecule has 0 amide bonds. The Hall–Kier alpha value is -1.85. The molecule has 0 aromatic heterocycles. The molecule has 5 aliphatic rings. The molecular formula is C21H24N2O3. The highest BCUT2D eigenvalue weighted by Gasteiger charge is 2.73. The zero-order valence-corrected chi connectivity index (χ0v) is 15.2. The minimum atomic E-state index is -0.188. The van der Waals surface area contributed by atoms with E-state index >= 15 is 0 Å². The van der Waals surface area contributed by atoms with Crippen LogP contribution in [0.3, 0.4) is 0 Å². The second kappa shape index (κ2) is 4.70. The fourth-order valence-corrected chi connectivity index (χ4v) is 6.80. The van der Waals surface area contributed by atoms with Gasteiger partial charge in [0, 0.05) is 29.4 Å². The normalized spacial score (nSPS) is 41.7. The molecule has 4 heterocycles. The number of ether oxygens (including phenoxy) is 2. The lowest BCUT2D eigenvalue weighted by Crippen LogP contribution is -2.63. The van der Waals surface area contributed by atoms with Crippen molar-refractivity contribution in [2.75, 3.05) is 25.5 Å². The molecule has 6 rings (SSSR count). The van der Waals surface area contributed by atoms with Crippen molar-refractivity contribution < 1.29 is 14.3 Å². The Balaban J connectivity index is 1.66. The van der Waals surface area contributed by atoms with Gasteiger partial charge in [0.2, 0.25) is 0 Å². The van der Waals surface area contributed by atoms with E-state index in [9.17, 15) is 4.79 Å². The van der Waals surface area contributed by atoms with Crippen molar-refractivity contribution in [1.82, 2.24) is 4.90 Å². The maximum Gasteiger partial charge on any atom is 0.335 e. The van der Waals surface area contributed by atoms with Gasteiger partial charge in [-0.2, -0.15) is 0 Å². The number of nitrogens with zero attached hydrogens (tertiary/aromatic N) is 1. The Morgan fingerprint density at radius 3 is 3.08 bits per heavy atom. The number of fused-ring (bicyclic) bond motifs is 3. The van der Waals surface area contributed by atoms with Crippen molar-refractivity contribution in [2.45, 2.75) is 49.9 Å². The van der Waals surface area contributed by atoms with Crippen molar-refractivity contribution in [1.29, 1.82) is 0 Å². The molecule has 3 saturated heterocycles. The second-order valence-corrected chi connectivity index (χ2v) is 8.49. The summed E-state index contributed by atoms with van der Waals surface area (Å²) in [6.07, 6.45) is 3.44. The first kappa shape index (κ1) is 15.2. The summed E-state index contributed by atoms with van der Waals surface area (Å²) in [5.74, 6) is -0.188. The first-order valence-corrected chi connectivity index (χ1v) is 9.73. The Bertz CT molecular complexity index is 865. The lowest BCUT2D eigenvalue weighted by atomic mass is 9.53. The van der Waals surface area contributed by atoms with Crippen LogP contribution in [0, 0.1) is 5.41 Å². The van der Waals surface area contributed by atoms with Gasteiger partial charge in [0.15, 0.2) is 0 Å². The van der Waals surface area contributed by atoms with E-state index in [0.29, 0.717) is 12.1 Å². The van der Waals surface area contributed by atoms with Crippen LogP contribution < -0.4 is 5.32 Å². The van der Waals surface area contributed by atoms with E-state index in [2.05, 4.69) is 41.4 Å². The largest absolute Gasteiger partial charge is 0.466 e. The van der Waals surface area contributed by atoms with Gasteiger partial charge in [-0.3, -0.25) is 4.90 Å². The van der Waals surface area contributed by atoms with Crippen molar-refractivity contribution in [3.8, 4) is 0 Å². The predicted octanol–water partition coefficient (Wildman–Crippen LogP) is 2.43. The number of para-hydroxylation sites is 1. The van der Waals surface area contributed by atoms with E-state index in [1.165, 1.54) is 12.7 Å². The van der Waals surface area contributed by atoms with Crippen molar-refractivity contribution in [3.63, 3.8) is 0 Å². The number of rotatable bonds is 2. The lowest BCUT2D eigenvalue weighted by molar-refractivity contribution is -0.137. The summed E-state index contributed by atoms with van der Waals surface area (Å²) in [6.45, 7) is 4.36. The molecule has 0 bridgehead atoms. The van der Waals surface area contributed by atoms with Crippen LogP contribution in [-0.2, 0) is 19.7 Å². The summed E-state index contributed by atoms with van der Waals surface area (Å²) < 4.78 is 11.4. The monoisotopic (exact) mass is 352 g/mol. The molecule has 0 unspecified atom stereocenters. The molecule has 5 nitrogen and oxygen atoms in total. The van der Waals surface area contributed by atoms with Crippen LogP contribution in [-0.4, -0.2) is 49.3 Å². The van der Waals surface area contributed by atoms with Crippen LogP contribution in [0.15, 0.2) is 35.5 Å². The highest BCUT2D eigenvalue weighted by atomic mass is 16.6. The molecule has 4 aliphatic heterocycles. The molecule has 0 radical (unpaired) electrons. The third-order valence-electron chi connectivity index (χ3n) is 7.74. The molecule has 1 spiro atoms. The fraction of sp³-hybridized carbons (Fsp3) is 0.571. The Morgan fingerprint density at radius 2 is 2.27 bits per heavy atom. The van der Waals surface area contributed by atoms with Crippen LogP contribution in [0.1, 0.15) is 31.7 Å². The van der Waals surface area contributed by atoms with Crippen molar-refractivity contribution in [3.05, 3.63) is 41.1 Å². The third kappa shape index (κ3) is 1.50. The highest BCUT2D eigenvalue weighted by Crippen LogP contribution is 2.68. The van der Waals surface area contributed by atoms with Gasteiger partial charge in [-0.25, -0.2) is 4.79 Å². The van der Waals surface area contributed by atoms with Gasteiger partial charge in [0.1, 0.15) is 0 Å². The van der Waals surface area contributed by atoms with Gasteiger partial charge < -0.3 is 14.8 Å². The van der Waals surface area contributed by atoms with Gasteiger partial charge in [-0.15, -0.1) is 0 Å². The van der Waals surface area contributed by atoms with E-state index in [4.69, 9.17) is 9.47 Å². The molecule has 1 aromatic carbocycles. The van der Waals surface area contributed by atoms with Gasteiger partial charge in [0.25, 0.3) is 0 Å². The average molecular weight is 352 g/mol. The third-order valence-corrected chi connectivity index (χ3v) is 7.74. The summed E-state index contributed by atoms with van der Waals surface area (Å²) >= 11 is 0. The summed E-state index contributed by atoms with van der Waals surface area (Å²) in [4.78, 5) is 15.5. The average Bonchev–Trinajstić information content (AvgIpc) is 3.25. The van der Waals surface area contributed by atoms with Crippen molar-refractivity contribution >= 4 is 11.7 Å². The number of hydrogen-bond acceptors (Lipinski definition) is 5. The maximum atomic E-state index is 12.8. The smallest absolute Gasteiger partial charge is 0.335 e. The Labute approximate surface area is 153 Å². The fourth-order valence-electron chi connectivity index (χ4n) is 6.80. The highest BCUT2D eigenvalue weighted by molar-refractivity contribution is 5.93. The van der Waals surface area contributed by atoms with Gasteiger partial charge in [0.05, 0.1) is 30.3 Å². The number of nitrogens with one attached hydrogen (secondary N) is 1. The van der Waals surface area contributed by atoms with Crippen molar-refractivity contribution in [2.24, 2.45) is 5.41 Å². The van der Waals surface area contributed by atoms with Crippen LogP contribution >= 0.6 is 0 Å². The lowest BCUT2D eigenvalue weighted by Gasteiger charge is -2.54. The minimum absolute atomic E-state index is 0.00836. The number of methoxy groups -OCH3 is 1. The van der Waals surface area contributed by atoms with Gasteiger partial charge >= 0.3 is 5.97 Å². The van der Waals surface area contributed by atoms with Gasteiger partial charge in [-0.05, 0) is 37.4 Å². The van der Waals surface area contributed by atoms with E-state index in [1.54, 1.807) is 0 Å². The molecule has 1 aliphatic carbocycles. The summed E-state index contributed by atoms with van der Waals surface area (Å²) in [7, 11) is 1.49. The van der Waals surface area contributed by atoms with Gasteiger partial charge in [-0.1, -0.05) is 25.1 Å². The number of carbonyl (C=O) groups excluding carboxylic acids is 1. The van der Waals surface area contributed by atoms with E-state index in [-0.39, 0.29) is 22.9 Å². The molecule has 5 heteroatoms. The first-order valence-electron chi connectivity index (χ1n) is 9.73. The molecule has 3 fully saturated rings. The Kier molecular flexibility index (Phi) is 2.75. The predicted molar refractivity (Wildman–Crippen MR) is 96.8 cm³/mol. The molecule has 1 aromatic rings. The number of epoxide rings is 1. The van der Waals surface area contributed by atoms with E-state index in [0.717, 1.165) is 49.3 Å². The molecule has 26 heavy (non-hydrogen) atoms. The topological polar surface area (TPSA) is 54.1 Å². The number of carbonyl (C=O) groups is 1. The zero-order valence-electron chi connectivity index (χ0n) is 15.2. The zero-order chi connectivity index (χ0) is 17.7. The SMILES string of the molecule is CC[C@@]12CC(C(=O)OC)=C3Nc4ccccc4[C@]34CCN(C[C@H]3O[C@H]31)[C@@H]24. The van der Waals surface area contributed by atoms with Crippen LogP contribution in [0.25, 0.3) is 0 Å². The van der Waals surface area contributed by atoms with Crippen LogP contribution in [0.4, 0.5) is 5.69 Å². The van der Waals surface area contributed by atoms with E-state index in [1.807, 2.05) is 0 Å².